The maximum absolute atomic E-state index is 12.0. The van der Waals surface area contributed by atoms with Gasteiger partial charge in [-0.25, -0.2) is 4.79 Å². The number of carboxylic acids is 1. The van der Waals surface area contributed by atoms with E-state index in [0.29, 0.717) is 23.7 Å². The van der Waals surface area contributed by atoms with E-state index in [9.17, 15) is 15.0 Å². The van der Waals surface area contributed by atoms with Gasteiger partial charge < -0.3 is 10.2 Å². The summed E-state index contributed by atoms with van der Waals surface area (Å²) in [7, 11) is 0. The number of carbonyl (C=O) groups is 1. The highest BCUT2D eigenvalue weighted by Gasteiger charge is 2.53. The third-order valence-corrected chi connectivity index (χ3v) is 5.94. The topological polar surface area (TPSA) is 57.5 Å². The molecule has 21 heavy (non-hydrogen) atoms. The molecule has 0 heterocycles. The van der Waals surface area contributed by atoms with Gasteiger partial charge in [-0.3, -0.25) is 0 Å². The van der Waals surface area contributed by atoms with E-state index in [1.807, 2.05) is 0 Å². The van der Waals surface area contributed by atoms with E-state index in [1.54, 1.807) is 0 Å². The fourth-order valence-electron chi connectivity index (χ4n) is 5.30. The monoisotopic (exact) mass is 296 g/mol. The lowest BCUT2D eigenvalue weighted by molar-refractivity contribution is -0.182. The van der Waals surface area contributed by atoms with E-state index in [1.165, 1.54) is 0 Å². The summed E-state index contributed by atoms with van der Waals surface area (Å²) in [4.78, 5) is 12.0. The predicted molar refractivity (Wildman–Crippen MR) is 83.9 cm³/mol. The summed E-state index contributed by atoms with van der Waals surface area (Å²) in [5.74, 6) is 0.907. The van der Waals surface area contributed by atoms with Crippen molar-refractivity contribution in [1.29, 1.82) is 0 Å². The van der Waals surface area contributed by atoms with Crippen molar-refractivity contribution in [2.24, 2.45) is 35.5 Å². The summed E-state index contributed by atoms with van der Waals surface area (Å²) < 4.78 is 0. The lowest BCUT2D eigenvalue weighted by atomic mass is 9.60. The first kappa shape index (κ1) is 16.8. The van der Waals surface area contributed by atoms with Crippen LogP contribution in [0.1, 0.15) is 66.2 Å². The van der Waals surface area contributed by atoms with E-state index in [4.69, 9.17) is 0 Å². The molecule has 0 radical (unpaired) electrons. The maximum Gasteiger partial charge on any atom is 0.336 e. The second-order valence-corrected chi connectivity index (χ2v) is 8.36. The molecular weight excluding hydrogens is 264 g/mol. The van der Waals surface area contributed by atoms with Crippen LogP contribution in [0.3, 0.4) is 0 Å². The number of aliphatic hydroxyl groups is 1. The molecule has 2 aliphatic rings. The predicted octanol–water partition coefficient (Wildman–Crippen LogP) is 3.95. The summed E-state index contributed by atoms with van der Waals surface area (Å²) in [6, 6.07) is 0. The number of carboxylic acid groups (broad SMARTS) is 1. The molecule has 2 saturated carbocycles. The molecule has 0 aromatic carbocycles. The highest BCUT2D eigenvalue weighted by Crippen LogP contribution is 2.47. The minimum Gasteiger partial charge on any atom is -0.479 e. The Labute approximate surface area is 129 Å². The normalized spacial score (nSPS) is 44.0. The van der Waals surface area contributed by atoms with Crippen molar-refractivity contribution in [3.8, 4) is 0 Å². The van der Waals surface area contributed by atoms with Crippen molar-refractivity contribution < 1.29 is 15.0 Å². The Hall–Kier alpha value is -0.570. The van der Waals surface area contributed by atoms with Crippen molar-refractivity contribution >= 4 is 5.97 Å². The molecule has 3 heteroatoms. The van der Waals surface area contributed by atoms with Crippen molar-refractivity contribution in [3.05, 3.63) is 0 Å². The van der Waals surface area contributed by atoms with Crippen LogP contribution in [0.4, 0.5) is 0 Å². The van der Waals surface area contributed by atoms with Crippen LogP contribution < -0.4 is 0 Å². The quantitative estimate of drug-likeness (QED) is 0.829. The lowest BCUT2D eigenvalue weighted by Crippen LogP contribution is -2.55. The zero-order chi connectivity index (χ0) is 15.8. The average molecular weight is 296 g/mol. The second kappa shape index (κ2) is 6.28. The highest BCUT2D eigenvalue weighted by atomic mass is 16.4. The molecule has 122 valence electrons. The smallest absolute Gasteiger partial charge is 0.336 e. The molecular formula is C18H32O3. The van der Waals surface area contributed by atoms with E-state index >= 15 is 0 Å². The van der Waals surface area contributed by atoms with Gasteiger partial charge in [-0.2, -0.15) is 0 Å². The molecule has 2 N–H and O–H groups in total. The summed E-state index contributed by atoms with van der Waals surface area (Å²) in [5, 5.41) is 21.0. The summed E-state index contributed by atoms with van der Waals surface area (Å²) in [5.41, 5.74) is -1.52. The average Bonchev–Trinajstić information content (AvgIpc) is 2.35. The van der Waals surface area contributed by atoms with Crippen molar-refractivity contribution in [2.75, 3.05) is 0 Å². The zero-order valence-corrected chi connectivity index (χ0v) is 14.0. The Bertz CT molecular complexity index is 333. The molecule has 2 fully saturated rings. The van der Waals surface area contributed by atoms with Crippen LogP contribution in [0.2, 0.25) is 0 Å². The fraction of sp³-hybridized carbons (Fsp3) is 0.944. The first-order valence-electron chi connectivity index (χ1n) is 8.69. The standard InChI is InChI=1S/C18H32O3/c1-11-5-12(2)8-15(7-11)18(21,17(19)20)16-9-13(3)6-14(4)10-16/h11-16,21H,5-10H2,1-4H3,(H,19,20)/t11-,12-,13-,14+,16?,18?/m1/s1. The number of aliphatic carboxylic acids is 1. The van der Waals surface area contributed by atoms with E-state index in [0.717, 1.165) is 38.5 Å². The SMILES string of the molecule is C[C@@H]1CC(C(O)(C(=O)O)C2C[C@H](C)C[C@@H](C)C2)C[C@H](C)C1. The maximum atomic E-state index is 12.0. The van der Waals surface area contributed by atoms with Crippen molar-refractivity contribution in [1.82, 2.24) is 0 Å². The van der Waals surface area contributed by atoms with Crippen LogP contribution in [0.15, 0.2) is 0 Å². The van der Waals surface area contributed by atoms with Gasteiger partial charge >= 0.3 is 5.97 Å². The molecule has 0 aromatic rings. The first-order chi connectivity index (χ1) is 9.73. The van der Waals surface area contributed by atoms with Crippen LogP contribution >= 0.6 is 0 Å². The van der Waals surface area contributed by atoms with Gasteiger partial charge in [0.25, 0.3) is 0 Å². The number of rotatable bonds is 3. The summed E-state index contributed by atoms with van der Waals surface area (Å²) in [6.07, 6.45) is 5.73. The minimum absolute atomic E-state index is 0.0868. The highest BCUT2D eigenvalue weighted by molar-refractivity contribution is 5.78. The first-order valence-corrected chi connectivity index (χ1v) is 8.69. The van der Waals surface area contributed by atoms with Gasteiger partial charge in [0, 0.05) is 0 Å². The molecule has 2 rings (SSSR count). The molecule has 2 aliphatic carbocycles. The van der Waals surface area contributed by atoms with Crippen LogP contribution in [-0.2, 0) is 4.79 Å². The molecule has 0 bridgehead atoms. The third-order valence-electron chi connectivity index (χ3n) is 5.94. The van der Waals surface area contributed by atoms with E-state index in [-0.39, 0.29) is 11.8 Å². The van der Waals surface area contributed by atoms with Gasteiger partial charge in [-0.1, -0.05) is 27.7 Å². The van der Waals surface area contributed by atoms with Gasteiger partial charge in [0.2, 0.25) is 0 Å². The Balaban J connectivity index is 2.25. The van der Waals surface area contributed by atoms with Gasteiger partial charge in [-0.15, -0.1) is 0 Å². The van der Waals surface area contributed by atoms with Gasteiger partial charge in [0.05, 0.1) is 0 Å². The van der Waals surface area contributed by atoms with Crippen LogP contribution in [0, 0.1) is 35.5 Å². The molecule has 0 amide bonds. The molecule has 6 atom stereocenters. The fourth-order valence-corrected chi connectivity index (χ4v) is 5.30. The van der Waals surface area contributed by atoms with Crippen LogP contribution in [-0.4, -0.2) is 21.8 Å². The molecule has 0 aromatic heterocycles. The van der Waals surface area contributed by atoms with E-state index in [2.05, 4.69) is 27.7 Å². The van der Waals surface area contributed by atoms with Crippen molar-refractivity contribution in [2.45, 2.75) is 71.8 Å². The van der Waals surface area contributed by atoms with Gasteiger partial charge in [-0.05, 0) is 74.0 Å². The Morgan fingerprint density at radius 1 is 0.762 bits per heavy atom. The second-order valence-electron chi connectivity index (χ2n) is 8.36. The lowest BCUT2D eigenvalue weighted by Gasteiger charge is -2.47. The summed E-state index contributed by atoms with van der Waals surface area (Å²) in [6.45, 7) is 8.77. The molecule has 0 aliphatic heterocycles. The van der Waals surface area contributed by atoms with Gasteiger partial charge in [0.1, 0.15) is 0 Å². The Kier molecular flexibility index (Phi) is 5.02. The van der Waals surface area contributed by atoms with E-state index < -0.39 is 11.6 Å². The Morgan fingerprint density at radius 3 is 1.29 bits per heavy atom. The largest absolute Gasteiger partial charge is 0.479 e. The number of hydrogen-bond acceptors (Lipinski definition) is 2. The van der Waals surface area contributed by atoms with Gasteiger partial charge in [0.15, 0.2) is 5.60 Å². The summed E-state index contributed by atoms with van der Waals surface area (Å²) >= 11 is 0. The zero-order valence-electron chi connectivity index (χ0n) is 14.0. The van der Waals surface area contributed by atoms with Crippen LogP contribution in [0.5, 0.6) is 0 Å². The molecule has 3 nitrogen and oxygen atoms in total. The number of hydrogen-bond donors (Lipinski definition) is 2. The molecule has 0 spiro atoms. The molecule has 2 unspecified atom stereocenters. The third kappa shape index (κ3) is 3.44. The van der Waals surface area contributed by atoms with Crippen molar-refractivity contribution in [3.63, 3.8) is 0 Å². The Morgan fingerprint density at radius 2 is 1.05 bits per heavy atom. The minimum atomic E-state index is -1.52. The molecule has 0 saturated heterocycles. The van der Waals surface area contributed by atoms with Crippen LogP contribution in [0.25, 0.3) is 0 Å².